The van der Waals surface area contributed by atoms with E-state index in [1.807, 2.05) is 4.90 Å². The van der Waals surface area contributed by atoms with Crippen LogP contribution in [-0.2, 0) is 14.4 Å². The van der Waals surface area contributed by atoms with Crippen LogP contribution in [0.3, 0.4) is 0 Å². The molecule has 2 aliphatic rings. The Morgan fingerprint density at radius 1 is 0.769 bits per heavy atom. The Morgan fingerprint density at radius 2 is 1.35 bits per heavy atom. The van der Waals surface area contributed by atoms with E-state index in [1.165, 1.54) is 12.3 Å². The number of carboxylic acids is 2. The van der Waals surface area contributed by atoms with Gasteiger partial charge in [0.25, 0.3) is 17.7 Å². The van der Waals surface area contributed by atoms with E-state index in [9.17, 15) is 63.5 Å². The zero-order chi connectivity index (χ0) is 47.1. The number of hydrogen-bond acceptors (Lipinski definition) is 15. The Labute approximate surface area is 374 Å². The highest BCUT2D eigenvalue weighted by Gasteiger charge is 2.47. The summed E-state index contributed by atoms with van der Waals surface area (Å²) in [5, 5.41) is 67.0. The summed E-state index contributed by atoms with van der Waals surface area (Å²) < 4.78 is 27.7. The third-order valence-corrected chi connectivity index (χ3v) is 11.1. The minimum atomic E-state index is -3.18. The number of carbonyl (C=O) groups excluding carboxylic acids is 3. The molecule has 22 heteroatoms. The average Bonchev–Trinajstić information content (AvgIpc) is 3.59. The van der Waals surface area contributed by atoms with Crippen molar-refractivity contribution in [2.75, 3.05) is 105 Å². The molecule has 5 rings (SSSR count). The van der Waals surface area contributed by atoms with Crippen molar-refractivity contribution in [3.05, 3.63) is 65.9 Å². The van der Waals surface area contributed by atoms with Crippen molar-refractivity contribution in [2.45, 2.75) is 37.3 Å². The number of amides is 3. The molecule has 0 aliphatic carbocycles. The number of pyridine rings is 1. The van der Waals surface area contributed by atoms with Gasteiger partial charge in [0.05, 0.1) is 43.3 Å². The van der Waals surface area contributed by atoms with Crippen molar-refractivity contribution in [3.63, 3.8) is 0 Å². The van der Waals surface area contributed by atoms with Crippen LogP contribution in [0.1, 0.15) is 33.6 Å². The van der Waals surface area contributed by atoms with E-state index in [1.54, 1.807) is 63.2 Å². The van der Waals surface area contributed by atoms with E-state index in [4.69, 9.17) is 0 Å². The normalized spacial score (nSPS) is 18.7. The van der Waals surface area contributed by atoms with Crippen molar-refractivity contribution in [1.29, 1.82) is 5.26 Å². The number of likely N-dealkylation sites (tertiary alicyclic amines) is 1. The van der Waals surface area contributed by atoms with E-state index < -0.39 is 67.7 Å². The minimum Gasteiger partial charge on any atom is -0.480 e. The van der Waals surface area contributed by atoms with Crippen LogP contribution in [-0.4, -0.2) is 214 Å². The number of rotatable bonds is 18. The number of aromatic nitrogens is 1. The minimum absolute atomic E-state index is 0.0683. The Kier molecular flexibility index (Phi) is 18.5. The topological polar surface area (TPSA) is 275 Å². The highest BCUT2D eigenvalue weighted by Crippen LogP contribution is 2.32. The number of alkyl halides is 2. The number of nitrogens with one attached hydrogen (secondary N) is 3. The number of carbonyl (C=O) groups is 5. The summed E-state index contributed by atoms with van der Waals surface area (Å²) in [5.74, 6) is -6.95. The monoisotopic (exact) mass is 910 g/mol. The number of aliphatic hydroxyl groups is 3. The lowest BCUT2D eigenvalue weighted by molar-refractivity contribution is -0.139. The van der Waals surface area contributed by atoms with Crippen molar-refractivity contribution < 1.29 is 58.3 Å². The molecular formula is C43H56F2N10O10. The van der Waals surface area contributed by atoms with Crippen molar-refractivity contribution in [1.82, 2.24) is 45.4 Å². The van der Waals surface area contributed by atoms with Crippen molar-refractivity contribution >= 4 is 40.6 Å². The van der Waals surface area contributed by atoms with Crippen LogP contribution in [0.4, 0.5) is 8.78 Å². The summed E-state index contributed by atoms with van der Waals surface area (Å²) in [6.07, 6.45) is -1.43. The van der Waals surface area contributed by atoms with Gasteiger partial charge in [-0.05, 0) is 54.4 Å². The molecule has 2 saturated heterocycles. The second-order valence-corrected chi connectivity index (χ2v) is 16.1. The van der Waals surface area contributed by atoms with Gasteiger partial charge in [-0.15, -0.1) is 0 Å². The third-order valence-electron chi connectivity index (χ3n) is 11.1. The maximum atomic E-state index is 13.8. The summed E-state index contributed by atoms with van der Waals surface area (Å²) in [7, 11) is 0. The number of aliphatic hydroxyl groups excluding tert-OH is 2. The Morgan fingerprint density at radius 3 is 1.94 bits per heavy atom. The molecule has 352 valence electrons. The van der Waals surface area contributed by atoms with Gasteiger partial charge in [-0.3, -0.25) is 53.9 Å². The zero-order valence-electron chi connectivity index (χ0n) is 35.8. The van der Waals surface area contributed by atoms with Crippen LogP contribution in [0.25, 0.3) is 22.0 Å². The third kappa shape index (κ3) is 15.7. The fourth-order valence-electron chi connectivity index (χ4n) is 7.73. The fourth-order valence-corrected chi connectivity index (χ4v) is 7.73. The van der Waals surface area contributed by atoms with Crippen LogP contribution in [0.5, 0.6) is 0 Å². The lowest BCUT2D eigenvalue weighted by atomic mass is 9.99. The van der Waals surface area contributed by atoms with Crippen LogP contribution in [0.15, 0.2) is 54.7 Å². The number of carboxylic acid groups (broad SMARTS) is 2. The number of aliphatic carboxylic acids is 2. The maximum absolute atomic E-state index is 13.8. The SMILES string of the molecule is N#C[C@@H]1CC(F)(F)CN1C(=O)CNC(=O)c1ccnc2ccc(-c3ccc(C(=O)NCCCNC(O)CN4CCN(CC(=O)O)CCN(CC(O)O)CCN(CC(=O)O)CC4)cc3)cc12. The van der Waals surface area contributed by atoms with Gasteiger partial charge in [-0.2, -0.15) is 5.26 Å². The summed E-state index contributed by atoms with van der Waals surface area (Å²) in [6, 6.07) is 14.0. The van der Waals surface area contributed by atoms with Crippen molar-refractivity contribution in [2.24, 2.45) is 0 Å². The second kappa shape index (κ2) is 24.0. The first-order chi connectivity index (χ1) is 31.0. The predicted molar refractivity (Wildman–Crippen MR) is 230 cm³/mol. The largest absolute Gasteiger partial charge is 0.480 e. The molecule has 1 unspecified atom stereocenters. The second-order valence-electron chi connectivity index (χ2n) is 16.1. The number of nitrogens with zero attached hydrogens (tertiary/aromatic N) is 7. The number of halogens is 2. The van der Waals surface area contributed by atoms with Gasteiger partial charge >= 0.3 is 11.9 Å². The van der Waals surface area contributed by atoms with Crippen LogP contribution < -0.4 is 16.0 Å². The number of β-amino-alcohol motifs (C(OH)–C–C–N with tert-alkyl or cyclic N) is 3. The first kappa shape index (κ1) is 50.2. The van der Waals surface area contributed by atoms with Crippen molar-refractivity contribution in [3.8, 4) is 17.2 Å². The number of hydrogen-bond donors (Lipinski definition) is 8. The van der Waals surface area contributed by atoms with Gasteiger partial charge in [0.2, 0.25) is 5.91 Å². The highest BCUT2D eigenvalue weighted by molar-refractivity contribution is 6.07. The Bertz CT molecular complexity index is 2130. The van der Waals surface area contributed by atoms with Crippen LogP contribution in [0.2, 0.25) is 0 Å². The van der Waals surface area contributed by atoms with Crippen LogP contribution in [0, 0.1) is 11.3 Å². The molecule has 3 heterocycles. The molecule has 0 radical (unpaired) electrons. The molecular weight excluding hydrogens is 855 g/mol. The van der Waals surface area contributed by atoms with Gasteiger partial charge in [-0.1, -0.05) is 18.2 Å². The molecule has 0 saturated carbocycles. The van der Waals surface area contributed by atoms with E-state index in [0.29, 0.717) is 93.9 Å². The van der Waals surface area contributed by atoms with Gasteiger partial charge in [-0.25, -0.2) is 8.78 Å². The molecule has 3 aromatic rings. The molecule has 0 spiro atoms. The van der Waals surface area contributed by atoms with Gasteiger partial charge in [0, 0.05) is 95.6 Å². The highest BCUT2D eigenvalue weighted by atomic mass is 19.3. The molecule has 0 bridgehead atoms. The molecule has 65 heavy (non-hydrogen) atoms. The van der Waals surface area contributed by atoms with E-state index in [2.05, 4.69) is 20.9 Å². The molecule has 2 aliphatic heterocycles. The molecule has 2 atom stereocenters. The zero-order valence-corrected chi connectivity index (χ0v) is 35.8. The number of benzene rings is 2. The molecule has 2 fully saturated rings. The molecule has 1 aromatic heterocycles. The predicted octanol–water partition coefficient (Wildman–Crippen LogP) is -0.879. The number of nitriles is 1. The van der Waals surface area contributed by atoms with E-state index in [0.717, 1.165) is 10.5 Å². The fraction of sp³-hybridized carbons (Fsp3) is 0.512. The molecule has 20 nitrogen and oxygen atoms in total. The smallest absolute Gasteiger partial charge is 0.317 e. The first-order valence-electron chi connectivity index (χ1n) is 21.2. The lowest BCUT2D eigenvalue weighted by Crippen LogP contribution is -2.50. The van der Waals surface area contributed by atoms with E-state index in [-0.39, 0.29) is 37.6 Å². The Hall–Kier alpha value is -5.77. The molecule has 3 amide bonds. The van der Waals surface area contributed by atoms with Gasteiger partial charge < -0.3 is 41.1 Å². The van der Waals surface area contributed by atoms with E-state index >= 15 is 0 Å². The number of fused-ring (bicyclic) bond motifs is 1. The molecule has 8 N–H and O–H groups in total. The Balaban J connectivity index is 1.10. The summed E-state index contributed by atoms with van der Waals surface area (Å²) >= 11 is 0. The standard InChI is InChI=1S/C43H56F2N10O10/c44-43(45)21-32(22-46)55(28-43)37(57)23-50-42(65)33-8-11-47-35-7-6-31(20-34(33)35)29-2-4-30(5-3-29)41(64)49-10-1-9-48-36(56)24-51-12-14-52(25-38(58)59)16-18-54(27-40(62)63)19-17-53(15-13-51)26-39(60)61/h2-8,11,20,32,36,40,48,56,62-63H,1,9-10,12-19,21,23-28H2,(H,49,64)(H,50,65)(H,58,59)(H,60,61)/t32-,36?/m0/s1. The van der Waals surface area contributed by atoms with Crippen LogP contribution >= 0.6 is 0 Å². The summed E-state index contributed by atoms with van der Waals surface area (Å²) in [6.45, 7) is 1.57. The average molecular weight is 911 g/mol. The first-order valence-corrected chi connectivity index (χ1v) is 21.2. The lowest BCUT2D eigenvalue weighted by Gasteiger charge is -2.34. The quantitative estimate of drug-likeness (QED) is 0.0569. The molecule has 2 aromatic carbocycles. The summed E-state index contributed by atoms with van der Waals surface area (Å²) in [4.78, 5) is 74.2. The maximum Gasteiger partial charge on any atom is 0.317 e. The van der Waals surface area contributed by atoms with Gasteiger partial charge in [0.15, 0.2) is 6.29 Å². The summed E-state index contributed by atoms with van der Waals surface area (Å²) in [5.41, 5.74) is 2.53. The van der Waals surface area contributed by atoms with Gasteiger partial charge in [0.1, 0.15) is 12.3 Å².